The standard InChI is InChI=1S/C23H28O12/c1-23(2,29)13(34-22-17(28)16(27)15(26)12(8-24)33-22)9-32-21-19-11(6-7-31-19)18(30-3)10-4-5-14(25)35-20(10)21/h4-7,12-13,15-17,22,24,26-29H,8-9H2,1-3H3. The number of hydrogen-bond acceptors (Lipinski definition) is 12. The van der Waals surface area contributed by atoms with Crippen molar-refractivity contribution < 1.29 is 53.3 Å². The van der Waals surface area contributed by atoms with Crippen molar-refractivity contribution in [2.24, 2.45) is 0 Å². The van der Waals surface area contributed by atoms with E-state index in [1.165, 1.54) is 39.4 Å². The second-order valence-electron chi connectivity index (χ2n) is 8.81. The quantitative estimate of drug-likeness (QED) is 0.261. The highest BCUT2D eigenvalue weighted by Crippen LogP contribution is 2.43. The summed E-state index contributed by atoms with van der Waals surface area (Å²) in [5.41, 5.74) is -1.90. The Morgan fingerprint density at radius 3 is 2.40 bits per heavy atom. The predicted molar refractivity (Wildman–Crippen MR) is 119 cm³/mol. The average molecular weight is 496 g/mol. The minimum absolute atomic E-state index is 0.0548. The molecule has 35 heavy (non-hydrogen) atoms. The van der Waals surface area contributed by atoms with E-state index in [0.717, 1.165) is 0 Å². The maximum Gasteiger partial charge on any atom is 0.336 e. The van der Waals surface area contributed by atoms with E-state index in [4.69, 9.17) is 27.8 Å². The van der Waals surface area contributed by atoms with Gasteiger partial charge in [-0.25, -0.2) is 4.79 Å². The third kappa shape index (κ3) is 4.74. The predicted octanol–water partition coefficient (Wildman–Crippen LogP) is -0.117. The Morgan fingerprint density at radius 2 is 1.74 bits per heavy atom. The Labute approximate surface area is 198 Å². The van der Waals surface area contributed by atoms with Crippen LogP contribution in [0.25, 0.3) is 21.9 Å². The lowest BCUT2D eigenvalue weighted by molar-refractivity contribution is -0.323. The van der Waals surface area contributed by atoms with E-state index in [9.17, 15) is 30.3 Å². The molecular weight excluding hydrogens is 468 g/mol. The maximum absolute atomic E-state index is 12.0. The highest BCUT2D eigenvalue weighted by Gasteiger charge is 2.46. The molecular formula is C23H28O12. The molecule has 0 bridgehead atoms. The molecule has 4 rings (SSSR count). The number of hydrogen-bond donors (Lipinski definition) is 5. The molecule has 0 spiro atoms. The molecule has 6 unspecified atom stereocenters. The fraction of sp³-hybridized carbons (Fsp3) is 0.522. The van der Waals surface area contributed by atoms with E-state index in [1.54, 1.807) is 6.07 Å². The van der Waals surface area contributed by atoms with E-state index >= 15 is 0 Å². The Bertz CT molecular complexity index is 1220. The minimum Gasteiger partial charge on any atom is -0.495 e. The van der Waals surface area contributed by atoms with Crippen molar-refractivity contribution >= 4 is 21.9 Å². The SMILES string of the molecule is COc1c2ccoc2c(OCC(OC2OC(CO)C(O)C(O)C2O)C(C)(C)O)c2oc(=O)ccc12. The van der Waals surface area contributed by atoms with Gasteiger partial charge in [-0.05, 0) is 26.0 Å². The second-order valence-corrected chi connectivity index (χ2v) is 8.81. The van der Waals surface area contributed by atoms with Crippen LogP contribution in [0, 0.1) is 0 Å². The Balaban J connectivity index is 1.67. The van der Waals surface area contributed by atoms with Gasteiger partial charge in [0.1, 0.15) is 42.9 Å². The summed E-state index contributed by atoms with van der Waals surface area (Å²) >= 11 is 0. The van der Waals surface area contributed by atoms with Gasteiger partial charge in [0.25, 0.3) is 0 Å². The van der Waals surface area contributed by atoms with Crippen LogP contribution in [0.5, 0.6) is 11.5 Å². The van der Waals surface area contributed by atoms with Crippen LogP contribution in [-0.2, 0) is 9.47 Å². The third-order valence-corrected chi connectivity index (χ3v) is 5.92. The van der Waals surface area contributed by atoms with Crippen molar-refractivity contribution in [2.45, 2.75) is 56.3 Å². The fourth-order valence-corrected chi connectivity index (χ4v) is 3.94. The van der Waals surface area contributed by atoms with Gasteiger partial charge >= 0.3 is 5.63 Å². The summed E-state index contributed by atoms with van der Waals surface area (Å²) < 4.78 is 33.5. The number of aliphatic hydroxyl groups excluding tert-OH is 4. The number of aliphatic hydroxyl groups is 5. The topological polar surface area (TPSA) is 181 Å². The maximum atomic E-state index is 12.0. The molecule has 1 fully saturated rings. The molecule has 3 heterocycles. The third-order valence-electron chi connectivity index (χ3n) is 5.92. The lowest BCUT2D eigenvalue weighted by atomic mass is 9.98. The Hall–Kier alpha value is -2.71. The molecule has 0 saturated carbocycles. The summed E-state index contributed by atoms with van der Waals surface area (Å²) in [6, 6.07) is 4.42. The lowest BCUT2D eigenvalue weighted by Gasteiger charge is -2.42. The molecule has 1 aliphatic rings. The molecule has 0 aliphatic carbocycles. The zero-order valence-electron chi connectivity index (χ0n) is 19.3. The molecule has 3 aromatic rings. The van der Waals surface area contributed by atoms with Gasteiger partial charge in [-0.2, -0.15) is 0 Å². The van der Waals surface area contributed by atoms with Crippen LogP contribution in [0.2, 0.25) is 0 Å². The molecule has 0 amide bonds. The van der Waals surface area contributed by atoms with Crippen molar-refractivity contribution in [2.75, 3.05) is 20.3 Å². The van der Waals surface area contributed by atoms with Gasteiger partial charge in [0.05, 0.1) is 36.4 Å². The molecule has 6 atom stereocenters. The largest absolute Gasteiger partial charge is 0.495 e. The molecule has 1 aromatic carbocycles. The zero-order chi connectivity index (χ0) is 25.5. The molecule has 12 heteroatoms. The first kappa shape index (κ1) is 25.4. The van der Waals surface area contributed by atoms with E-state index in [2.05, 4.69) is 0 Å². The smallest absolute Gasteiger partial charge is 0.336 e. The molecule has 1 saturated heterocycles. The van der Waals surface area contributed by atoms with Crippen LogP contribution >= 0.6 is 0 Å². The van der Waals surface area contributed by atoms with Crippen molar-refractivity contribution in [3.63, 3.8) is 0 Å². The van der Waals surface area contributed by atoms with Crippen LogP contribution in [0.4, 0.5) is 0 Å². The van der Waals surface area contributed by atoms with Crippen LogP contribution in [0.1, 0.15) is 13.8 Å². The van der Waals surface area contributed by atoms with Gasteiger partial charge in [0, 0.05) is 6.07 Å². The van der Waals surface area contributed by atoms with Gasteiger partial charge in [-0.1, -0.05) is 0 Å². The van der Waals surface area contributed by atoms with Gasteiger partial charge in [0.2, 0.25) is 5.75 Å². The monoisotopic (exact) mass is 496 g/mol. The number of methoxy groups -OCH3 is 1. The van der Waals surface area contributed by atoms with Gasteiger partial charge in [-0.3, -0.25) is 0 Å². The van der Waals surface area contributed by atoms with E-state index in [-0.39, 0.29) is 23.5 Å². The summed E-state index contributed by atoms with van der Waals surface area (Å²) in [7, 11) is 1.46. The summed E-state index contributed by atoms with van der Waals surface area (Å²) in [6.07, 6.45) is -7.33. The van der Waals surface area contributed by atoms with Gasteiger partial charge in [0.15, 0.2) is 17.5 Å². The molecule has 1 aliphatic heterocycles. The highest BCUT2D eigenvalue weighted by atomic mass is 16.7. The molecule has 0 radical (unpaired) electrons. The van der Waals surface area contributed by atoms with Crippen LogP contribution in [0.3, 0.4) is 0 Å². The number of benzene rings is 1. The normalized spacial score (nSPS) is 26.2. The van der Waals surface area contributed by atoms with E-state index < -0.39 is 54.6 Å². The summed E-state index contributed by atoms with van der Waals surface area (Å²) in [5.74, 6) is 0.474. The Kier molecular flexibility index (Phi) is 7.06. The number of rotatable bonds is 8. The minimum atomic E-state index is -1.67. The summed E-state index contributed by atoms with van der Waals surface area (Å²) in [4.78, 5) is 12.0. The molecule has 192 valence electrons. The van der Waals surface area contributed by atoms with Crippen LogP contribution < -0.4 is 15.1 Å². The number of furan rings is 1. The van der Waals surface area contributed by atoms with Crippen molar-refractivity contribution in [1.29, 1.82) is 0 Å². The van der Waals surface area contributed by atoms with Crippen LogP contribution in [0.15, 0.2) is 38.1 Å². The fourth-order valence-electron chi connectivity index (χ4n) is 3.94. The van der Waals surface area contributed by atoms with E-state index in [1.807, 2.05) is 0 Å². The van der Waals surface area contributed by atoms with Gasteiger partial charge < -0.3 is 53.3 Å². The van der Waals surface area contributed by atoms with Crippen LogP contribution in [-0.4, -0.2) is 88.3 Å². The Morgan fingerprint density at radius 1 is 1.03 bits per heavy atom. The molecule has 2 aromatic heterocycles. The average Bonchev–Trinajstić information content (AvgIpc) is 3.29. The van der Waals surface area contributed by atoms with E-state index in [0.29, 0.717) is 16.5 Å². The molecule has 5 N–H and O–H groups in total. The zero-order valence-corrected chi connectivity index (χ0v) is 19.3. The van der Waals surface area contributed by atoms with Gasteiger partial charge in [-0.15, -0.1) is 0 Å². The first-order valence-electron chi connectivity index (χ1n) is 10.9. The summed E-state index contributed by atoms with van der Waals surface area (Å²) in [6.45, 7) is 1.88. The second kappa shape index (κ2) is 9.74. The van der Waals surface area contributed by atoms with Crippen molar-refractivity contribution in [1.82, 2.24) is 0 Å². The van der Waals surface area contributed by atoms with Crippen molar-refractivity contribution in [3.8, 4) is 11.5 Å². The number of fused-ring (bicyclic) bond motifs is 2. The molecule has 12 nitrogen and oxygen atoms in total. The van der Waals surface area contributed by atoms with Crippen molar-refractivity contribution in [3.05, 3.63) is 34.9 Å². The first-order valence-corrected chi connectivity index (χ1v) is 10.9. The lowest BCUT2D eigenvalue weighted by Crippen LogP contribution is -2.61. The highest BCUT2D eigenvalue weighted by molar-refractivity contribution is 6.06. The number of ether oxygens (including phenoxy) is 4. The summed E-state index contributed by atoms with van der Waals surface area (Å²) in [5, 5.41) is 51.5. The first-order chi connectivity index (χ1) is 16.6.